The standard InChI is InChI=1S/C12H14O2/c1-12(2,3)10-7-8-5-4-6-9(13)11(8)14-10/h4-7,13H,1-3H3. The lowest BCUT2D eigenvalue weighted by Crippen LogP contribution is -2.08. The van der Waals surface area contributed by atoms with Crippen LogP contribution in [0.15, 0.2) is 28.7 Å². The average molecular weight is 190 g/mol. The molecule has 0 saturated heterocycles. The maximum Gasteiger partial charge on any atom is 0.175 e. The monoisotopic (exact) mass is 190 g/mol. The smallest absolute Gasteiger partial charge is 0.175 e. The van der Waals surface area contributed by atoms with Crippen LogP contribution in [0, 0.1) is 0 Å². The molecule has 0 bridgehead atoms. The van der Waals surface area contributed by atoms with Crippen LogP contribution < -0.4 is 0 Å². The van der Waals surface area contributed by atoms with E-state index in [4.69, 9.17) is 4.42 Å². The van der Waals surface area contributed by atoms with Crippen molar-refractivity contribution >= 4 is 11.0 Å². The van der Waals surface area contributed by atoms with E-state index in [1.54, 1.807) is 6.07 Å². The van der Waals surface area contributed by atoms with E-state index in [1.165, 1.54) is 0 Å². The fourth-order valence-electron chi connectivity index (χ4n) is 1.42. The van der Waals surface area contributed by atoms with Crippen molar-refractivity contribution < 1.29 is 9.52 Å². The van der Waals surface area contributed by atoms with Gasteiger partial charge in [-0.15, -0.1) is 0 Å². The summed E-state index contributed by atoms with van der Waals surface area (Å²) in [6, 6.07) is 7.38. The number of hydrogen-bond acceptors (Lipinski definition) is 2. The van der Waals surface area contributed by atoms with Gasteiger partial charge < -0.3 is 9.52 Å². The summed E-state index contributed by atoms with van der Waals surface area (Å²) in [5.41, 5.74) is 0.559. The molecule has 0 radical (unpaired) electrons. The summed E-state index contributed by atoms with van der Waals surface area (Å²) in [6.07, 6.45) is 0. The third-order valence-electron chi connectivity index (χ3n) is 2.26. The van der Waals surface area contributed by atoms with Gasteiger partial charge in [-0.3, -0.25) is 0 Å². The van der Waals surface area contributed by atoms with Gasteiger partial charge in [0.05, 0.1) is 0 Å². The van der Waals surface area contributed by atoms with Crippen molar-refractivity contribution in [2.24, 2.45) is 0 Å². The summed E-state index contributed by atoms with van der Waals surface area (Å²) < 4.78 is 5.61. The number of hydrogen-bond donors (Lipinski definition) is 1. The molecule has 0 atom stereocenters. The van der Waals surface area contributed by atoms with Gasteiger partial charge in [-0.05, 0) is 12.1 Å². The number of furan rings is 1. The maximum atomic E-state index is 9.56. The number of benzene rings is 1. The number of phenolic OH excluding ortho intramolecular Hbond substituents is 1. The molecule has 74 valence electrons. The molecule has 14 heavy (non-hydrogen) atoms. The van der Waals surface area contributed by atoms with Crippen LogP contribution in [-0.4, -0.2) is 5.11 Å². The minimum atomic E-state index is -0.0224. The quantitative estimate of drug-likeness (QED) is 0.690. The van der Waals surface area contributed by atoms with Crippen molar-refractivity contribution in [3.05, 3.63) is 30.0 Å². The first-order chi connectivity index (χ1) is 6.48. The highest BCUT2D eigenvalue weighted by Gasteiger charge is 2.19. The molecule has 0 fully saturated rings. The molecule has 1 aromatic heterocycles. The van der Waals surface area contributed by atoms with Crippen molar-refractivity contribution in [1.82, 2.24) is 0 Å². The van der Waals surface area contributed by atoms with E-state index in [9.17, 15) is 5.11 Å². The van der Waals surface area contributed by atoms with Gasteiger partial charge in [0, 0.05) is 10.8 Å². The van der Waals surface area contributed by atoms with Crippen molar-refractivity contribution in [3.8, 4) is 5.75 Å². The SMILES string of the molecule is CC(C)(C)c1cc2cccc(O)c2o1. The number of fused-ring (bicyclic) bond motifs is 1. The van der Waals surface area contributed by atoms with E-state index in [0.717, 1.165) is 11.1 Å². The molecule has 0 spiro atoms. The number of rotatable bonds is 0. The Morgan fingerprint density at radius 1 is 1.21 bits per heavy atom. The minimum absolute atomic E-state index is 0.0224. The summed E-state index contributed by atoms with van der Waals surface area (Å²) in [4.78, 5) is 0. The molecule has 1 N–H and O–H groups in total. The third-order valence-corrected chi connectivity index (χ3v) is 2.26. The summed E-state index contributed by atoms with van der Waals surface area (Å²) in [7, 11) is 0. The molecule has 2 nitrogen and oxygen atoms in total. The van der Waals surface area contributed by atoms with Gasteiger partial charge in [-0.1, -0.05) is 32.9 Å². The second kappa shape index (κ2) is 2.77. The summed E-state index contributed by atoms with van der Waals surface area (Å²) in [6.45, 7) is 6.26. The highest BCUT2D eigenvalue weighted by molar-refractivity contribution is 5.83. The Hall–Kier alpha value is -1.44. The van der Waals surface area contributed by atoms with E-state index in [-0.39, 0.29) is 11.2 Å². The molecule has 1 aromatic carbocycles. The van der Waals surface area contributed by atoms with Crippen LogP contribution in [0.4, 0.5) is 0 Å². The Morgan fingerprint density at radius 2 is 1.93 bits per heavy atom. The normalized spacial score (nSPS) is 12.2. The minimum Gasteiger partial charge on any atom is -0.504 e. The van der Waals surface area contributed by atoms with E-state index < -0.39 is 0 Å². The van der Waals surface area contributed by atoms with Crippen molar-refractivity contribution in [1.29, 1.82) is 0 Å². The zero-order valence-electron chi connectivity index (χ0n) is 8.66. The Labute approximate surface area is 83.2 Å². The van der Waals surface area contributed by atoms with E-state index in [1.807, 2.05) is 18.2 Å². The number of phenols is 1. The topological polar surface area (TPSA) is 33.4 Å². The van der Waals surface area contributed by atoms with Gasteiger partial charge >= 0.3 is 0 Å². The van der Waals surface area contributed by atoms with Gasteiger partial charge in [0.1, 0.15) is 5.76 Å². The van der Waals surface area contributed by atoms with Gasteiger partial charge in [0.25, 0.3) is 0 Å². The van der Waals surface area contributed by atoms with E-state index in [0.29, 0.717) is 5.58 Å². The number of aromatic hydroxyl groups is 1. The molecule has 0 unspecified atom stereocenters. The molecule has 0 aliphatic heterocycles. The van der Waals surface area contributed by atoms with Crippen LogP contribution in [0.1, 0.15) is 26.5 Å². The Kier molecular flexibility index (Phi) is 1.81. The zero-order valence-corrected chi connectivity index (χ0v) is 8.66. The molecule has 2 aromatic rings. The molecule has 0 aliphatic rings. The lowest BCUT2D eigenvalue weighted by atomic mass is 9.93. The first-order valence-electron chi connectivity index (χ1n) is 4.70. The molecule has 0 amide bonds. The predicted octanol–water partition coefficient (Wildman–Crippen LogP) is 3.44. The van der Waals surface area contributed by atoms with Crippen molar-refractivity contribution in [2.45, 2.75) is 26.2 Å². The zero-order chi connectivity index (χ0) is 10.3. The first-order valence-corrected chi connectivity index (χ1v) is 4.70. The Balaban J connectivity index is 2.69. The van der Waals surface area contributed by atoms with E-state index in [2.05, 4.69) is 20.8 Å². The summed E-state index contributed by atoms with van der Waals surface area (Å²) in [5.74, 6) is 1.10. The molecule has 2 heteroatoms. The molecule has 2 rings (SSSR count). The Morgan fingerprint density at radius 3 is 2.50 bits per heavy atom. The molecule has 1 heterocycles. The predicted molar refractivity (Wildman–Crippen MR) is 56.6 cm³/mol. The third kappa shape index (κ3) is 1.37. The molecule has 0 aliphatic carbocycles. The average Bonchev–Trinajstić information content (AvgIpc) is 2.48. The lowest BCUT2D eigenvalue weighted by Gasteiger charge is -2.13. The van der Waals surface area contributed by atoms with Crippen LogP contribution >= 0.6 is 0 Å². The van der Waals surface area contributed by atoms with Crippen molar-refractivity contribution in [3.63, 3.8) is 0 Å². The summed E-state index contributed by atoms with van der Waals surface area (Å²) in [5, 5.41) is 10.5. The summed E-state index contributed by atoms with van der Waals surface area (Å²) >= 11 is 0. The van der Waals surface area contributed by atoms with Crippen LogP contribution in [0.3, 0.4) is 0 Å². The van der Waals surface area contributed by atoms with Crippen molar-refractivity contribution in [2.75, 3.05) is 0 Å². The van der Waals surface area contributed by atoms with Crippen LogP contribution in [-0.2, 0) is 5.41 Å². The van der Waals surface area contributed by atoms with Crippen LogP contribution in [0.2, 0.25) is 0 Å². The van der Waals surface area contributed by atoms with E-state index >= 15 is 0 Å². The largest absolute Gasteiger partial charge is 0.504 e. The highest BCUT2D eigenvalue weighted by Crippen LogP contribution is 2.32. The molecular formula is C12H14O2. The van der Waals surface area contributed by atoms with Gasteiger partial charge in [0.2, 0.25) is 0 Å². The van der Waals surface area contributed by atoms with Crippen LogP contribution in [0.25, 0.3) is 11.0 Å². The fourth-order valence-corrected chi connectivity index (χ4v) is 1.42. The maximum absolute atomic E-state index is 9.56. The van der Waals surface area contributed by atoms with Gasteiger partial charge in [-0.25, -0.2) is 0 Å². The second-order valence-electron chi connectivity index (χ2n) is 4.56. The lowest BCUT2D eigenvalue weighted by molar-refractivity contribution is 0.414. The molecular weight excluding hydrogens is 176 g/mol. The molecule has 0 saturated carbocycles. The van der Waals surface area contributed by atoms with Gasteiger partial charge in [0.15, 0.2) is 11.3 Å². The first kappa shape index (κ1) is 9.13. The van der Waals surface area contributed by atoms with Crippen LogP contribution in [0.5, 0.6) is 5.75 Å². The second-order valence-corrected chi connectivity index (χ2v) is 4.56. The fraction of sp³-hybridized carbons (Fsp3) is 0.333. The highest BCUT2D eigenvalue weighted by atomic mass is 16.4. The Bertz CT molecular complexity index is 461. The van der Waals surface area contributed by atoms with Gasteiger partial charge in [-0.2, -0.15) is 0 Å². The number of para-hydroxylation sites is 1.